The van der Waals surface area contributed by atoms with Crippen LogP contribution < -0.4 is 5.09 Å². The van der Waals surface area contributed by atoms with E-state index in [1.165, 1.54) is 0 Å². The second kappa shape index (κ2) is 4.35. The Kier molecular flexibility index (Phi) is 3.38. The van der Waals surface area contributed by atoms with Crippen LogP contribution in [0.5, 0.6) is 0 Å². The fourth-order valence-electron chi connectivity index (χ4n) is 1.12. The Morgan fingerprint density at radius 1 is 1.36 bits per heavy atom. The van der Waals surface area contributed by atoms with Crippen LogP contribution in [0.4, 0.5) is 5.69 Å². The summed E-state index contributed by atoms with van der Waals surface area (Å²) in [6, 6.07) is 7.62. The average Bonchev–Trinajstić information content (AvgIpc) is 2.02. The summed E-state index contributed by atoms with van der Waals surface area (Å²) < 4.78 is 11.5. The zero-order valence-corrected chi connectivity index (χ0v) is 9.56. The van der Waals surface area contributed by atoms with Gasteiger partial charge in [0.2, 0.25) is 0 Å². The van der Waals surface area contributed by atoms with Crippen LogP contribution in [-0.4, -0.2) is 13.3 Å². The lowest BCUT2D eigenvalue weighted by atomic mass is 10.2. The molecule has 74 valence electrons. The van der Waals surface area contributed by atoms with Gasteiger partial charge in [-0.3, -0.25) is 0 Å². The van der Waals surface area contributed by atoms with Crippen molar-refractivity contribution in [3.63, 3.8) is 0 Å². The monoisotopic (exact) mass is 207 g/mol. The van der Waals surface area contributed by atoms with E-state index in [2.05, 4.69) is 16.9 Å². The van der Waals surface area contributed by atoms with Crippen molar-refractivity contribution in [2.24, 2.45) is 0 Å². The second-order valence-electron chi connectivity index (χ2n) is 3.42. The Bertz CT molecular complexity index is 422. The van der Waals surface area contributed by atoms with Crippen LogP contribution in [0.25, 0.3) is 0 Å². The molecule has 3 heteroatoms. The van der Waals surface area contributed by atoms with Crippen LogP contribution >= 0.6 is 7.29 Å². The maximum absolute atomic E-state index is 11.5. The lowest BCUT2D eigenvalue weighted by Crippen LogP contribution is -1.93. The molecule has 0 aliphatic carbocycles. The molecular weight excluding hydrogens is 193 g/mol. The molecule has 0 fully saturated rings. The van der Waals surface area contributed by atoms with Crippen molar-refractivity contribution in [1.29, 1.82) is 0 Å². The minimum Gasteiger partial charge on any atom is -0.336 e. The van der Waals surface area contributed by atoms with Crippen molar-refractivity contribution >= 4 is 13.0 Å². The predicted octanol–water partition coefficient (Wildman–Crippen LogP) is 3.01. The highest BCUT2D eigenvalue weighted by Gasteiger charge is 2.05. The summed E-state index contributed by atoms with van der Waals surface area (Å²) in [5, 5.41) is 2.97. The summed E-state index contributed by atoms with van der Waals surface area (Å²) in [6.45, 7) is 5.20. The molecule has 0 saturated heterocycles. The topological polar surface area (TPSA) is 29.1 Å². The van der Waals surface area contributed by atoms with E-state index in [-0.39, 0.29) is 0 Å². The van der Waals surface area contributed by atoms with Crippen molar-refractivity contribution in [3.8, 4) is 11.8 Å². The molecule has 2 nitrogen and oxygen atoms in total. The second-order valence-corrected chi connectivity index (χ2v) is 6.34. The highest BCUT2D eigenvalue weighted by Crippen LogP contribution is 2.36. The Morgan fingerprint density at radius 3 is 2.64 bits per heavy atom. The molecule has 0 spiro atoms. The van der Waals surface area contributed by atoms with Crippen LogP contribution in [-0.2, 0) is 4.57 Å². The maximum atomic E-state index is 11.5. The Balaban J connectivity index is 2.93. The zero-order valence-electron chi connectivity index (χ0n) is 8.66. The summed E-state index contributed by atoms with van der Waals surface area (Å²) in [7, 11) is -2.22. The van der Waals surface area contributed by atoms with E-state index in [0.717, 1.165) is 11.3 Å². The lowest BCUT2D eigenvalue weighted by molar-refractivity contribution is 0.585. The van der Waals surface area contributed by atoms with Crippen molar-refractivity contribution < 1.29 is 4.57 Å². The minimum absolute atomic E-state index is 0.860. The van der Waals surface area contributed by atoms with Gasteiger partial charge < -0.3 is 9.65 Å². The van der Waals surface area contributed by atoms with Gasteiger partial charge in [0.15, 0.2) is 7.29 Å². The molecule has 0 radical (unpaired) electrons. The summed E-state index contributed by atoms with van der Waals surface area (Å²) in [5.74, 6) is 5.78. The third-order valence-corrected chi connectivity index (χ3v) is 2.33. The molecule has 0 aromatic heterocycles. The van der Waals surface area contributed by atoms with E-state index < -0.39 is 7.29 Å². The molecule has 14 heavy (non-hydrogen) atoms. The molecule has 0 amide bonds. The Labute approximate surface area is 85.2 Å². The Morgan fingerprint density at radius 2 is 2.07 bits per heavy atom. The van der Waals surface area contributed by atoms with Crippen LogP contribution in [0.1, 0.15) is 12.5 Å². The molecule has 1 N–H and O–H groups in total. The van der Waals surface area contributed by atoms with E-state index in [0.29, 0.717) is 0 Å². The van der Waals surface area contributed by atoms with Crippen LogP contribution in [0, 0.1) is 11.8 Å². The summed E-state index contributed by atoms with van der Waals surface area (Å²) in [4.78, 5) is 0. The first kappa shape index (κ1) is 10.9. The fourth-order valence-corrected chi connectivity index (χ4v) is 1.88. The molecule has 0 unspecified atom stereocenters. The van der Waals surface area contributed by atoms with Gasteiger partial charge in [-0.05, 0) is 25.1 Å². The molecule has 0 aliphatic rings. The van der Waals surface area contributed by atoms with E-state index in [1.54, 1.807) is 20.3 Å². The van der Waals surface area contributed by atoms with Crippen molar-refractivity contribution in [2.75, 3.05) is 18.4 Å². The zero-order chi connectivity index (χ0) is 10.6. The molecule has 0 atom stereocenters. The quantitative estimate of drug-likeness (QED) is 0.596. The van der Waals surface area contributed by atoms with E-state index in [9.17, 15) is 4.57 Å². The van der Waals surface area contributed by atoms with E-state index in [1.807, 2.05) is 24.3 Å². The highest BCUT2D eigenvalue weighted by atomic mass is 31.2. The van der Waals surface area contributed by atoms with Gasteiger partial charge in [-0.2, -0.15) is 0 Å². The first-order chi connectivity index (χ1) is 6.51. The standard InChI is InChI=1S/C11H14NOP/c1-4-6-10-7-5-8-11(9-10)12-14(2,3)13/h5,7-9H,1-3H3,(H,12,13). The predicted molar refractivity (Wildman–Crippen MR) is 62.1 cm³/mol. The van der Waals surface area contributed by atoms with Gasteiger partial charge in [0.05, 0.1) is 0 Å². The van der Waals surface area contributed by atoms with Gasteiger partial charge in [0.25, 0.3) is 0 Å². The summed E-state index contributed by atoms with van der Waals surface area (Å²) in [5.41, 5.74) is 1.80. The molecular formula is C11H14NOP. The van der Waals surface area contributed by atoms with E-state index >= 15 is 0 Å². The fraction of sp³-hybridized carbons (Fsp3) is 0.273. The maximum Gasteiger partial charge on any atom is 0.164 e. The van der Waals surface area contributed by atoms with Crippen molar-refractivity contribution in [2.45, 2.75) is 6.92 Å². The van der Waals surface area contributed by atoms with Gasteiger partial charge >= 0.3 is 0 Å². The normalized spacial score (nSPS) is 10.2. The number of nitrogens with one attached hydrogen (secondary N) is 1. The van der Waals surface area contributed by atoms with E-state index in [4.69, 9.17) is 0 Å². The average molecular weight is 207 g/mol. The first-order valence-electron chi connectivity index (χ1n) is 4.37. The lowest BCUT2D eigenvalue weighted by Gasteiger charge is -2.10. The van der Waals surface area contributed by atoms with Gasteiger partial charge in [0.1, 0.15) is 0 Å². The first-order valence-corrected chi connectivity index (χ1v) is 6.97. The van der Waals surface area contributed by atoms with Crippen LogP contribution in [0.2, 0.25) is 0 Å². The molecule has 1 rings (SSSR count). The highest BCUT2D eigenvalue weighted by molar-refractivity contribution is 7.63. The molecule has 0 aliphatic heterocycles. The van der Waals surface area contributed by atoms with Crippen molar-refractivity contribution in [1.82, 2.24) is 0 Å². The summed E-state index contributed by atoms with van der Waals surface area (Å²) >= 11 is 0. The van der Waals surface area contributed by atoms with Crippen LogP contribution in [0.15, 0.2) is 24.3 Å². The Hall–Kier alpha value is -1.19. The number of benzene rings is 1. The molecule has 1 aromatic carbocycles. The molecule has 0 heterocycles. The number of anilines is 1. The van der Waals surface area contributed by atoms with Gasteiger partial charge in [-0.1, -0.05) is 12.0 Å². The minimum atomic E-state index is -2.22. The molecule has 1 aromatic rings. The van der Waals surface area contributed by atoms with Crippen LogP contribution in [0.3, 0.4) is 0 Å². The summed E-state index contributed by atoms with van der Waals surface area (Å²) in [6.07, 6.45) is 0. The molecule has 0 saturated carbocycles. The van der Waals surface area contributed by atoms with Crippen molar-refractivity contribution in [3.05, 3.63) is 29.8 Å². The number of hydrogen-bond donors (Lipinski definition) is 1. The SMILES string of the molecule is CC#Cc1cccc(NP(C)(C)=O)c1. The third-order valence-electron chi connectivity index (χ3n) is 1.53. The molecule has 0 bridgehead atoms. The largest absolute Gasteiger partial charge is 0.336 e. The smallest absolute Gasteiger partial charge is 0.164 e. The number of rotatable bonds is 2. The number of hydrogen-bond acceptors (Lipinski definition) is 1. The van der Waals surface area contributed by atoms with Gasteiger partial charge in [-0.15, -0.1) is 5.92 Å². The third kappa shape index (κ3) is 3.68. The van der Waals surface area contributed by atoms with Gasteiger partial charge in [0, 0.05) is 24.6 Å². The van der Waals surface area contributed by atoms with Gasteiger partial charge in [-0.25, -0.2) is 0 Å².